The van der Waals surface area contributed by atoms with Crippen molar-refractivity contribution in [1.29, 1.82) is 0 Å². The van der Waals surface area contributed by atoms with Crippen LogP contribution < -0.4 is 0 Å². The molecule has 0 amide bonds. The number of hydrogen-bond donors (Lipinski definition) is 1. The Morgan fingerprint density at radius 1 is 1.10 bits per heavy atom. The molecule has 1 aromatic rings. The summed E-state index contributed by atoms with van der Waals surface area (Å²) in [6.45, 7) is 4.95. The first-order chi connectivity index (χ1) is 9.91. The Bertz CT molecular complexity index is 522. The van der Waals surface area contributed by atoms with Gasteiger partial charge in [0.25, 0.3) is 0 Å². The SMILES string of the molecule is CC12CC3CC(C)(C1)CC(C(O)Cc1ccncc1)(C3)C2. The van der Waals surface area contributed by atoms with Gasteiger partial charge in [0, 0.05) is 12.4 Å². The molecule has 4 aliphatic rings. The molecule has 0 aliphatic heterocycles. The summed E-state index contributed by atoms with van der Waals surface area (Å²) in [5, 5.41) is 11.1. The second-order valence-electron chi connectivity index (χ2n) is 9.07. The van der Waals surface area contributed by atoms with E-state index in [1.54, 1.807) is 0 Å². The average molecular weight is 285 g/mol. The van der Waals surface area contributed by atoms with Crippen molar-refractivity contribution < 1.29 is 5.11 Å². The van der Waals surface area contributed by atoms with E-state index in [9.17, 15) is 5.11 Å². The fraction of sp³-hybridized carbons (Fsp3) is 0.737. The molecule has 1 heterocycles. The van der Waals surface area contributed by atoms with Crippen LogP contribution in [0.5, 0.6) is 0 Å². The van der Waals surface area contributed by atoms with Gasteiger partial charge in [0.1, 0.15) is 0 Å². The van der Waals surface area contributed by atoms with Crippen molar-refractivity contribution in [2.24, 2.45) is 22.2 Å². The molecule has 4 aliphatic carbocycles. The van der Waals surface area contributed by atoms with Crippen molar-refractivity contribution in [2.75, 3.05) is 0 Å². The van der Waals surface area contributed by atoms with E-state index in [2.05, 4.69) is 18.8 Å². The third kappa shape index (κ3) is 2.23. The number of aliphatic hydroxyl groups excluding tert-OH is 1. The first kappa shape index (κ1) is 13.8. The number of rotatable bonds is 3. The van der Waals surface area contributed by atoms with Gasteiger partial charge >= 0.3 is 0 Å². The van der Waals surface area contributed by atoms with E-state index in [4.69, 9.17) is 0 Å². The topological polar surface area (TPSA) is 33.1 Å². The van der Waals surface area contributed by atoms with Crippen LogP contribution in [0, 0.1) is 22.2 Å². The second kappa shape index (κ2) is 4.32. The average Bonchev–Trinajstić information content (AvgIpc) is 2.35. The third-order valence-corrected chi connectivity index (χ3v) is 6.55. The summed E-state index contributed by atoms with van der Waals surface area (Å²) < 4.78 is 0. The number of aromatic nitrogens is 1. The Kier molecular flexibility index (Phi) is 2.83. The zero-order chi connectivity index (χ0) is 14.7. The highest BCUT2D eigenvalue weighted by Gasteiger charge is 2.61. The van der Waals surface area contributed by atoms with Gasteiger partial charge in [-0.15, -0.1) is 0 Å². The minimum atomic E-state index is -0.193. The van der Waals surface area contributed by atoms with Crippen LogP contribution in [0.4, 0.5) is 0 Å². The predicted molar refractivity (Wildman–Crippen MR) is 83.8 cm³/mol. The third-order valence-electron chi connectivity index (χ3n) is 6.55. The van der Waals surface area contributed by atoms with Crippen LogP contribution in [-0.2, 0) is 6.42 Å². The minimum absolute atomic E-state index is 0.173. The Hall–Kier alpha value is -0.890. The fourth-order valence-electron chi connectivity index (χ4n) is 6.87. The quantitative estimate of drug-likeness (QED) is 0.911. The summed E-state index contributed by atoms with van der Waals surface area (Å²) in [4.78, 5) is 4.09. The molecule has 2 nitrogen and oxygen atoms in total. The fourth-order valence-corrected chi connectivity index (χ4v) is 6.87. The summed E-state index contributed by atoms with van der Waals surface area (Å²) in [6.07, 6.45) is 12.2. The molecule has 114 valence electrons. The Morgan fingerprint density at radius 3 is 2.29 bits per heavy atom. The van der Waals surface area contributed by atoms with E-state index in [0.29, 0.717) is 10.8 Å². The normalized spacial score (nSPS) is 45.8. The van der Waals surface area contributed by atoms with Crippen molar-refractivity contribution in [3.8, 4) is 0 Å². The van der Waals surface area contributed by atoms with Gasteiger partial charge < -0.3 is 5.11 Å². The molecule has 4 saturated carbocycles. The molecular formula is C19H27NO. The lowest BCUT2D eigenvalue weighted by molar-refractivity contribution is -0.184. The van der Waals surface area contributed by atoms with Gasteiger partial charge in [0.15, 0.2) is 0 Å². The summed E-state index contributed by atoms with van der Waals surface area (Å²) in [5.41, 5.74) is 2.36. The van der Waals surface area contributed by atoms with E-state index >= 15 is 0 Å². The number of pyridine rings is 1. The van der Waals surface area contributed by atoms with Gasteiger partial charge in [-0.2, -0.15) is 0 Å². The molecule has 3 atom stereocenters. The molecule has 1 N–H and O–H groups in total. The molecular weight excluding hydrogens is 258 g/mol. The largest absolute Gasteiger partial charge is 0.392 e. The lowest BCUT2D eigenvalue weighted by atomic mass is 9.39. The molecule has 0 aromatic carbocycles. The van der Waals surface area contributed by atoms with E-state index in [1.807, 2.05) is 24.5 Å². The van der Waals surface area contributed by atoms with Gasteiger partial charge in [-0.1, -0.05) is 13.8 Å². The van der Waals surface area contributed by atoms with Crippen molar-refractivity contribution in [3.05, 3.63) is 30.1 Å². The minimum Gasteiger partial charge on any atom is -0.392 e. The van der Waals surface area contributed by atoms with Crippen molar-refractivity contribution in [1.82, 2.24) is 4.98 Å². The molecule has 2 heteroatoms. The monoisotopic (exact) mass is 285 g/mol. The highest BCUT2D eigenvalue weighted by Crippen LogP contribution is 2.70. The molecule has 4 bridgehead atoms. The Labute approximate surface area is 128 Å². The maximum atomic E-state index is 11.1. The first-order valence-corrected chi connectivity index (χ1v) is 8.48. The van der Waals surface area contributed by atoms with Crippen LogP contribution in [-0.4, -0.2) is 16.2 Å². The number of aliphatic hydroxyl groups is 1. The smallest absolute Gasteiger partial charge is 0.0637 e. The van der Waals surface area contributed by atoms with Crippen molar-refractivity contribution in [3.63, 3.8) is 0 Å². The molecule has 0 radical (unpaired) electrons. The van der Waals surface area contributed by atoms with Crippen LogP contribution in [0.3, 0.4) is 0 Å². The van der Waals surface area contributed by atoms with Crippen LogP contribution >= 0.6 is 0 Å². The standard InChI is InChI=1S/C19H27NO/c1-17-8-15-9-18(2,11-17)13-19(10-15,12-17)16(21)7-14-3-5-20-6-4-14/h3-6,15-16,21H,7-13H2,1-2H3. The Balaban J connectivity index is 1.62. The summed E-state index contributed by atoms with van der Waals surface area (Å²) >= 11 is 0. The first-order valence-electron chi connectivity index (χ1n) is 8.48. The number of nitrogens with zero attached hydrogens (tertiary/aromatic N) is 1. The Morgan fingerprint density at radius 2 is 1.71 bits per heavy atom. The lowest BCUT2D eigenvalue weighted by Gasteiger charge is -2.66. The van der Waals surface area contributed by atoms with E-state index in [-0.39, 0.29) is 11.5 Å². The van der Waals surface area contributed by atoms with Gasteiger partial charge in [-0.3, -0.25) is 4.98 Å². The highest BCUT2D eigenvalue weighted by atomic mass is 16.3. The molecule has 0 saturated heterocycles. The van der Waals surface area contributed by atoms with Gasteiger partial charge in [0.05, 0.1) is 6.10 Å². The molecule has 1 aromatic heterocycles. The molecule has 5 rings (SSSR count). The van der Waals surface area contributed by atoms with Crippen molar-refractivity contribution in [2.45, 2.75) is 64.9 Å². The van der Waals surface area contributed by atoms with Crippen LogP contribution in [0.1, 0.15) is 57.9 Å². The maximum Gasteiger partial charge on any atom is 0.0637 e. The summed E-state index contributed by atoms with van der Waals surface area (Å²) in [5.74, 6) is 0.850. The maximum absolute atomic E-state index is 11.1. The van der Waals surface area contributed by atoms with Gasteiger partial charge in [-0.05, 0) is 84.8 Å². The molecule has 3 unspecified atom stereocenters. The van der Waals surface area contributed by atoms with Crippen LogP contribution in [0.2, 0.25) is 0 Å². The molecule has 4 fully saturated rings. The van der Waals surface area contributed by atoms with Gasteiger partial charge in [-0.25, -0.2) is 0 Å². The zero-order valence-electron chi connectivity index (χ0n) is 13.3. The molecule has 21 heavy (non-hydrogen) atoms. The summed E-state index contributed by atoms with van der Waals surface area (Å²) in [7, 11) is 0. The molecule has 0 spiro atoms. The van der Waals surface area contributed by atoms with E-state index in [0.717, 1.165) is 12.3 Å². The lowest BCUT2D eigenvalue weighted by Crippen LogP contribution is -2.59. The second-order valence-corrected chi connectivity index (χ2v) is 9.07. The van der Waals surface area contributed by atoms with Gasteiger partial charge in [0.2, 0.25) is 0 Å². The predicted octanol–water partition coefficient (Wildman–Crippen LogP) is 3.98. The van der Waals surface area contributed by atoms with Crippen LogP contribution in [0.15, 0.2) is 24.5 Å². The number of hydrogen-bond acceptors (Lipinski definition) is 2. The van der Waals surface area contributed by atoms with Crippen molar-refractivity contribution >= 4 is 0 Å². The highest BCUT2D eigenvalue weighted by molar-refractivity contribution is 5.16. The van der Waals surface area contributed by atoms with E-state index in [1.165, 1.54) is 44.1 Å². The zero-order valence-corrected chi connectivity index (χ0v) is 13.3. The summed E-state index contributed by atoms with van der Waals surface area (Å²) in [6, 6.07) is 4.10. The van der Waals surface area contributed by atoms with E-state index < -0.39 is 0 Å². The van der Waals surface area contributed by atoms with Crippen LogP contribution in [0.25, 0.3) is 0 Å².